The van der Waals surface area contributed by atoms with Gasteiger partial charge in [0.15, 0.2) is 0 Å². The number of hydrogen-bond donors (Lipinski definition) is 2. The zero-order valence-electron chi connectivity index (χ0n) is 9.12. The van der Waals surface area contributed by atoms with Crippen LogP contribution in [0, 0.1) is 0 Å². The minimum atomic E-state index is -4.47. The average molecular weight is 243 g/mol. The minimum absolute atomic E-state index is 0.0322. The number of nitrogen functional groups attached to an aromatic ring is 1. The third-order valence-electron chi connectivity index (χ3n) is 2.06. The van der Waals surface area contributed by atoms with Gasteiger partial charge in [0, 0.05) is 30.2 Å². The fourth-order valence-corrected chi connectivity index (χ4v) is 1.29. The van der Waals surface area contributed by atoms with Crippen LogP contribution in [0.3, 0.4) is 0 Å². The zero-order valence-corrected chi connectivity index (χ0v) is 9.12. The fourth-order valence-electron chi connectivity index (χ4n) is 1.29. The molecule has 0 amide bonds. The SMILES string of the molecule is CN=C/C=C(\N)c1cc(N)ccc1C(F)(F)F. The lowest BCUT2D eigenvalue weighted by atomic mass is 10.0. The van der Waals surface area contributed by atoms with Gasteiger partial charge in [-0.3, -0.25) is 4.99 Å². The first kappa shape index (κ1) is 13.1. The molecule has 0 aliphatic carbocycles. The number of anilines is 1. The third kappa shape index (κ3) is 3.24. The van der Waals surface area contributed by atoms with Crippen LogP contribution in [0.15, 0.2) is 29.3 Å². The summed E-state index contributed by atoms with van der Waals surface area (Å²) in [6.45, 7) is 0. The van der Waals surface area contributed by atoms with Gasteiger partial charge in [-0.25, -0.2) is 0 Å². The van der Waals surface area contributed by atoms with Crippen LogP contribution in [0.1, 0.15) is 11.1 Å². The highest BCUT2D eigenvalue weighted by molar-refractivity contribution is 5.84. The van der Waals surface area contributed by atoms with Crippen LogP contribution < -0.4 is 11.5 Å². The topological polar surface area (TPSA) is 64.4 Å². The molecule has 0 atom stereocenters. The van der Waals surface area contributed by atoms with Gasteiger partial charge in [-0.2, -0.15) is 13.2 Å². The second-order valence-corrected chi connectivity index (χ2v) is 3.33. The number of nitrogens with two attached hydrogens (primary N) is 2. The van der Waals surface area contributed by atoms with Gasteiger partial charge < -0.3 is 11.5 Å². The molecule has 0 bridgehead atoms. The predicted octanol–water partition coefficient (Wildman–Crippen LogP) is 2.29. The van der Waals surface area contributed by atoms with Gasteiger partial charge in [0.1, 0.15) is 0 Å². The summed E-state index contributed by atoms with van der Waals surface area (Å²) in [6.07, 6.45) is -1.85. The number of alkyl halides is 3. The van der Waals surface area contributed by atoms with Gasteiger partial charge in [0.2, 0.25) is 0 Å². The van der Waals surface area contributed by atoms with Crippen molar-refractivity contribution in [1.29, 1.82) is 0 Å². The highest BCUT2D eigenvalue weighted by Gasteiger charge is 2.33. The quantitative estimate of drug-likeness (QED) is 0.618. The van der Waals surface area contributed by atoms with Gasteiger partial charge in [-0.05, 0) is 24.3 Å². The predicted molar refractivity (Wildman–Crippen MR) is 62.4 cm³/mol. The Kier molecular flexibility index (Phi) is 3.77. The molecule has 1 aromatic carbocycles. The Morgan fingerprint density at radius 3 is 2.53 bits per heavy atom. The number of benzene rings is 1. The van der Waals surface area contributed by atoms with Crippen molar-refractivity contribution in [1.82, 2.24) is 0 Å². The number of aliphatic imine (C=N–C) groups is 1. The van der Waals surface area contributed by atoms with E-state index < -0.39 is 11.7 Å². The maximum atomic E-state index is 12.7. The molecular weight excluding hydrogens is 231 g/mol. The van der Waals surface area contributed by atoms with Crippen LogP contribution in [0.25, 0.3) is 5.70 Å². The van der Waals surface area contributed by atoms with Crippen molar-refractivity contribution >= 4 is 17.6 Å². The van der Waals surface area contributed by atoms with Crippen molar-refractivity contribution in [3.63, 3.8) is 0 Å². The largest absolute Gasteiger partial charge is 0.417 e. The van der Waals surface area contributed by atoms with Crippen molar-refractivity contribution < 1.29 is 13.2 Å². The average Bonchev–Trinajstić information content (AvgIpc) is 2.24. The van der Waals surface area contributed by atoms with E-state index >= 15 is 0 Å². The lowest BCUT2D eigenvalue weighted by Gasteiger charge is -2.13. The molecule has 0 aliphatic heterocycles. The molecule has 4 N–H and O–H groups in total. The van der Waals surface area contributed by atoms with Crippen LogP contribution >= 0.6 is 0 Å². The van der Waals surface area contributed by atoms with Gasteiger partial charge in [0.05, 0.1) is 5.56 Å². The Labute approximate surface area is 96.6 Å². The molecule has 6 heteroatoms. The number of rotatable bonds is 2. The van der Waals surface area contributed by atoms with Gasteiger partial charge in [-0.15, -0.1) is 0 Å². The highest BCUT2D eigenvalue weighted by atomic mass is 19.4. The van der Waals surface area contributed by atoms with E-state index in [0.717, 1.165) is 6.07 Å². The molecule has 0 aliphatic rings. The molecule has 0 fully saturated rings. The van der Waals surface area contributed by atoms with E-state index in [1.807, 2.05) is 0 Å². The molecule has 1 aromatic rings. The van der Waals surface area contributed by atoms with Gasteiger partial charge >= 0.3 is 6.18 Å². The molecule has 0 radical (unpaired) electrons. The summed E-state index contributed by atoms with van der Waals surface area (Å²) in [5.74, 6) is 0. The van der Waals surface area contributed by atoms with Crippen LogP contribution in [0.4, 0.5) is 18.9 Å². The Bertz CT molecular complexity index is 462. The van der Waals surface area contributed by atoms with Crippen LogP contribution in [-0.4, -0.2) is 13.3 Å². The molecule has 0 saturated heterocycles. The first-order valence-electron chi connectivity index (χ1n) is 4.71. The lowest BCUT2D eigenvalue weighted by Crippen LogP contribution is -2.12. The molecule has 3 nitrogen and oxygen atoms in total. The van der Waals surface area contributed by atoms with Crippen LogP contribution in [0.5, 0.6) is 0 Å². The van der Waals surface area contributed by atoms with E-state index in [4.69, 9.17) is 11.5 Å². The van der Waals surface area contributed by atoms with Crippen LogP contribution in [0.2, 0.25) is 0 Å². The van der Waals surface area contributed by atoms with Crippen molar-refractivity contribution in [3.05, 3.63) is 35.4 Å². The maximum absolute atomic E-state index is 12.7. The summed E-state index contributed by atoms with van der Waals surface area (Å²) in [5.41, 5.74) is 10.2. The Balaban J connectivity index is 3.35. The van der Waals surface area contributed by atoms with Crippen molar-refractivity contribution in [2.45, 2.75) is 6.18 Å². The summed E-state index contributed by atoms with van der Waals surface area (Å²) < 4.78 is 38.1. The summed E-state index contributed by atoms with van der Waals surface area (Å²) in [7, 11) is 1.49. The second-order valence-electron chi connectivity index (χ2n) is 3.33. The summed E-state index contributed by atoms with van der Waals surface area (Å²) in [5, 5.41) is 0. The molecule has 0 saturated carbocycles. The molecule has 17 heavy (non-hydrogen) atoms. The number of nitrogens with zero attached hydrogens (tertiary/aromatic N) is 1. The number of allylic oxidation sites excluding steroid dienone is 1. The van der Waals surface area contributed by atoms with Gasteiger partial charge in [-0.1, -0.05) is 0 Å². The monoisotopic (exact) mass is 243 g/mol. The molecular formula is C11H12F3N3. The molecule has 92 valence electrons. The summed E-state index contributed by atoms with van der Waals surface area (Å²) in [4.78, 5) is 3.62. The fraction of sp³-hybridized carbons (Fsp3) is 0.182. The minimum Gasteiger partial charge on any atom is -0.399 e. The molecule has 0 unspecified atom stereocenters. The molecule has 0 heterocycles. The maximum Gasteiger partial charge on any atom is 0.417 e. The number of hydrogen-bond acceptors (Lipinski definition) is 3. The van der Waals surface area contributed by atoms with E-state index in [1.165, 1.54) is 31.5 Å². The lowest BCUT2D eigenvalue weighted by molar-refractivity contribution is -0.137. The third-order valence-corrected chi connectivity index (χ3v) is 2.06. The van der Waals surface area contributed by atoms with E-state index in [-0.39, 0.29) is 16.9 Å². The van der Waals surface area contributed by atoms with E-state index in [2.05, 4.69) is 4.99 Å². The molecule has 0 spiro atoms. The summed E-state index contributed by atoms with van der Waals surface area (Å²) >= 11 is 0. The smallest absolute Gasteiger partial charge is 0.399 e. The summed E-state index contributed by atoms with van der Waals surface area (Å²) in [6, 6.07) is 3.29. The molecule has 0 aromatic heterocycles. The van der Waals surface area contributed by atoms with Crippen molar-refractivity contribution in [3.8, 4) is 0 Å². The highest BCUT2D eigenvalue weighted by Crippen LogP contribution is 2.34. The number of halogens is 3. The Morgan fingerprint density at radius 1 is 1.35 bits per heavy atom. The van der Waals surface area contributed by atoms with E-state index in [0.29, 0.717) is 0 Å². The van der Waals surface area contributed by atoms with Crippen molar-refractivity contribution in [2.24, 2.45) is 10.7 Å². The van der Waals surface area contributed by atoms with Crippen molar-refractivity contribution in [2.75, 3.05) is 12.8 Å². The normalized spacial score (nSPS) is 13.3. The first-order valence-corrected chi connectivity index (χ1v) is 4.71. The first-order chi connectivity index (χ1) is 7.86. The van der Waals surface area contributed by atoms with E-state index in [1.54, 1.807) is 0 Å². The second kappa shape index (κ2) is 4.90. The Morgan fingerprint density at radius 2 is 2.00 bits per heavy atom. The zero-order chi connectivity index (χ0) is 13.1. The van der Waals surface area contributed by atoms with Gasteiger partial charge in [0.25, 0.3) is 0 Å². The standard InChI is InChI=1S/C11H12F3N3/c1-17-5-4-10(16)8-6-7(15)2-3-9(8)11(12,13)14/h2-6H,15-16H2,1H3/b10-4-,17-5?. The van der Waals surface area contributed by atoms with E-state index in [9.17, 15) is 13.2 Å². The molecule has 1 rings (SSSR count). The Hall–Kier alpha value is -1.98. The van der Waals surface area contributed by atoms with Crippen LogP contribution in [-0.2, 0) is 6.18 Å².